The molecular formula is C19H19ClN2O. The van der Waals surface area contributed by atoms with Crippen molar-refractivity contribution in [2.24, 2.45) is 0 Å². The van der Waals surface area contributed by atoms with Crippen LogP contribution in [0.2, 0.25) is 0 Å². The number of rotatable bonds is 6. The monoisotopic (exact) mass is 326 g/mol. The van der Waals surface area contributed by atoms with Crippen LogP contribution < -0.4 is 0 Å². The molecule has 0 saturated heterocycles. The average Bonchev–Trinajstić information content (AvgIpc) is 3.03. The maximum atomic E-state index is 12.2. The number of Topliss-reactive ketones (excluding diaryl/α,β-unsaturated/α-hetero) is 1. The van der Waals surface area contributed by atoms with E-state index in [1.807, 2.05) is 59.3 Å². The molecule has 0 unspecified atom stereocenters. The van der Waals surface area contributed by atoms with Crippen LogP contribution in [0, 0.1) is 0 Å². The molecule has 3 nitrogen and oxygen atoms in total. The van der Waals surface area contributed by atoms with Crippen molar-refractivity contribution in [3.05, 3.63) is 78.6 Å². The first kappa shape index (κ1) is 17.0. The first-order valence-electron chi connectivity index (χ1n) is 7.45. The van der Waals surface area contributed by atoms with E-state index in [1.54, 1.807) is 6.20 Å². The number of hydrogen-bond donors (Lipinski definition) is 0. The first-order valence-corrected chi connectivity index (χ1v) is 7.45. The van der Waals surface area contributed by atoms with Crippen LogP contribution in [-0.4, -0.2) is 15.3 Å². The molecule has 0 saturated carbocycles. The van der Waals surface area contributed by atoms with Crippen LogP contribution in [0.4, 0.5) is 0 Å². The highest BCUT2D eigenvalue weighted by Gasteiger charge is 2.09. The van der Waals surface area contributed by atoms with Crippen LogP contribution in [0.5, 0.6) is 0 Å². The summed E-state index contributed by atoms with van der Waals surface area (Å²) in [7, 11) is 0. The molecule has 0 atom stereocenters. The summed E-state index contributed by atoms with van der Waals surface area (Å²) in [5.74, 6) is 1.06. The number of benzene rings is 2. The molecule has 0 bridgehead atoms. The number of halogens is 1. The fourth-order valence-corrected chi connectivity index (χ4v) is 2.48. The van der Waals surface area contributed by atoms with E-state index >= 15 is 0 Å². The van der Waals surface area contributed by atoms with Gasteiger partial charge < -0.3 is 4.57 Å². The van der Waals surface area contributed by atoms with Gasteiger partial charge in [0, 0.05) is 24.4 Å². The summed E-state index contributed by atoms with van der Waals surface area (Å²) < 4.78 is 1.92. The van der Waals surface area contributed by atoms with Gasteiger partial charge in [-0.05, 0) is 12.0 Å². The summed E-state index contributed by atoms with van der Waals surface area (Å²) in [6, 6.07) is 20.1. The number of imidazole rings is 1. The Balaban J connectivity index is 0.00000192. The molecule has 0 amide bonds. The molecule has 0 aliphatic carbocycles. The molecule has 0 radical (unpaired) electrons. The zero-order chi connectivity index (χ0) is 15.2. The fraction of sp³-hybridized carbons (Fsp3) is 0.158. The number of hydrogen-bond acceptors (Lipinski definition) is 2. The second-order valence-corrected chi connectivity index (χ2v) is 5.27. The zero-order valence-electron chi connectivity index (χ0n) is 12.8. The van der Waals surface area contributed by atoms with Gasteiger partial charge in [0.05, 0.1) is 6.54 Å². The Morgan fingerprint density at radius 3 is 2.30 bits per heavy atom. The summed E-state index contributed by atoms with van der Waals surface area (Å²) in [4.78, 5) is 16.6. The van der Waals surface area contributed by atoms with Crippen molar-refractivity contribution in [1.82, 2.24) is 9.55 Å². The minimum absolute atomic E-state index is 0. The van der Waals surface area contributed by atoms with Crippen LogP contribution in [0.15, 0.2) is 73.1 Å². The lowest BCUT2D eigenvalue weighted by molar-refractivity contribution is -0.119. The van der Waals surface area contributed by atoms with Gasteiger partial charge in [-0.1, -0.05) is 60.7 Å². The highest BCUT2D eigenvalue weighted by molar-refractivity contribution is 5.85. The van der Waals surface area contributed by atoms with Crippen LogP contribution in [-0.2, 0) is 17.8 Å². The quantitative estimate of drug-likeness (QED) is 0.681. The van der Waals surface area contributed by atoms with E-state index in [-0.39, 0.29) is 18.2 Å². The molecule has 2 aromatic carbocycles. The van der Waals surface area contributed by atoms with E-state index in [4.69, 9.17) is 0 Å². The lowest BCUT2D eigenvalue weighted by atomic mass is 10.1. The molecule has 118 valence electrons. The second-order valence-electron chi connectivity index (χ2n) is 5.27. The summed E-state index contributed by atoms with van der Waals surface area (Å²) >= 11 is 0. The Kier molecular flexibility index (Phi) is 6.12. The molecule has 3 aromatic rings. The number of ketones is 1. The molecule has 23 heavy (non-hydrogen) atoms. The van der Waals surface area contributed by atoms with E-state index in [0.717, 1.165) is 17.8 Å². The number of carbonyl (C=O) groups excluding carboxylic acids is 1. The predicted octanol–water partition coefficient (Wildman–Crippen LogP) is 4.17. The average molecular weight is 327 g/mol. The lowest BCUT2D eigenvalue weighted by Gasteiger charge is -2.07. The first-order chi connectivity index (χ1) is 10.8. The Morgan fingerprint density at radius 2 is 1.61 bits per heavy atom. The van der Waals surface area contributed by atoms with Gasteiger partial charge in [-0.15, -0.1) is 12.4 Å². The summed E-state index contributed by atoms with van der Waals surface area (Å²) in [6.45, 7) is 0.372. The van der Waals surface area contributed by atoms with Crippen molar-refractivity contribution in [2.45, 2.75) is 19.4 Å². The summed E-state index contributed by atoms with van der Waals surface area (Å²) in [5.41, 5.74) is 2.23. The van der Waals surface area contributed by atoms with Gasteiger partial charge in [0.1, 0.15) is 5.82 Å². The molecule has 1 aromatic heterocycles. The predicted molar refractivity (Wildman–Crippen MR) is 94.7 cm³/mol. The number of aryl methyl sites for hydroxylation is 1. The van der Waals surface area contributed by atoms with Gasteiger partial charge in [-0.25, -0.2) is 4.98 Å². The molecule has 0 N–H and O–H groups in total. The van der Waals surface area contributed by atoms with E-state index in [1.165, 1.54) is 5.56 Å². The molecule has 0 fully saturated rings. The summed E-state index contributed by atoms with van der Waals surface area (Å²) in [6.07, 6.45) is 4.95. The van der Waals surface area contributed by atoms with Crippen molar-refractivity contribution in [3.63, 3.8) is 0 Å². The van der Waals surface area contributed by atoms with E-state index < -0.39 is 0 Å². The third-order valence-electron chi connectivity index (χ3n) is 3.63. The van der Waals surface area contributed by atoms with E-state index in [9.17, 15) is 4.79 Å². The Morgan fingerprint density at radius 1 is 0.957 bits per heavy atom. The largest absolute Gasteiger partial charge is 0.324 e. The standard InChI is InChI=1S/C19H18N2O.ClH/c22-18(12-11-16-7-3-1-4-8-16)15-21-14-13-20-19(21)17-9-5-2-6-10-17;/h1-10,13-14H,11-12,15H2;1H. The van der Waals surface area contributed by atoms with Crippen LogP contribution in [0.3, 0.4) is 0 Å². The maximum Gasteiger partial charge on any atom is 0.152 e. The highest BCUT2D eigenvalue weighted by Crippen LogP contribution is 2.17. The maximum absolute atomic E-state index is 12.2. The zero-order valence-corrected chi connectivity index (χ0v) is 13.6. The van der Waals surface area contributed by atoms with Gasteiger partial charge in [-0.3, -0.25) is 4.79 Å². The SMILES string of the molecule is Cl.O=C(CCc1ccccc1)Cn1ccnc1-c1ccccc1. The minimum atomic E-state index is 0. The third-order valence-corrected chi connectivity index (χ3v) is 3.63. The molecular weight excluding hydrogens is 308 g/mol. The molecule has 1 heterocycles. The van der Waals surface area contributed by atoms with Crippen molar-refractivity contribution >= 4 is 18.2 Å². The Bertz CT molecular complexity index is 738. The van der Waals surface area contributed by atoms with Crippen LogP contribution in [0.25, 0.3) is 11.4 Å². The van der Waals surface area contributed by atoms with Gasteiger partial charge >= 0.3 is 0 Å². The van der Waals surface area contributed by atoms with E-state index in [2.05, 4.69) is 17.1 Å². The molecule has 0 spiro atoms. The van der Waals surface area contributed by atoms with Crippen LogP contribution in [0.1, 0.15) is 12.0 Å². The number of nitrogens with zero attached hydrogens (tertiary/aromatic N) is 2. The van der Waals surface area contributed by atoms with Crippen molar-refractivity contribution < 1.29 is 4.79 Å². The highest BCUT2D eigenvalue weighted by atomic mass is 35.5. The topological polar surface area (TPSA) is 34.9 Å². The molecule has 4 heteroatoms. The van der Waals surface area contributed by atoms with Gasteiger partial charge in [-0.2, -0.15) is 0 Å². The number of carbonyl (C=O) groups is 1. The van der Waals surface area contributed by atoms with E-state index in [0.29, 0.717) is 13.0 Å². The smallest absolute Gasteiger partial charge is 0.152 e. The second kappa shape index (κ2) is 8.30. The molecule has 3 rings (SSSR count). The fourth-order valence-electron chi connectivity index (χ4n) is 2.48. The normalized spacial score (nSPS) is 10.1. The third kappa shape index (κ3) is 4.54. The lowest BCUT2D eigenvalue weighted by Crippen LogP contribution is -2.11. The van der Waals surface area contributed by atoms with Gasteiger partial charge in [0.2, 0.25) is 0 Å². The Labute approximate surface area is 142 Å². The van der Waals surface area contributed by atoms with Crippen molar-refractivity contribution in [2.75, 3.05) is 0 Å². The molecule has 0 aliphatic rings. The van der Waals surface area contributed by atoms with Crippen molar-refractivity contribution in [3.8, 4) is 11.4 Å². The van der Waals surface area contributed by atoms with Gasteiger partial charge in [0.15, 0.2) is 5.78 Å². The van der Waals surface area contributed by atoms with Crippen LogP contribution >= 0.6 is 12.4 Å². The Hall–Kier alpha value is -2.39. The minimum Gasteiger partial charge on any atom is -0.324 e. The summed E-state index contributed by atoms with van der Waals surface area (Å²) in [5, 5.41) is 0. The number of aromatic nitrogens is 2. The molecule has 0 aliphatic heterocycles. The van der Waals surface area contributed by atoms with Gasteiger partial charge in [0.25, 0.3) is 0 Å². The van der Waals surface area contributed by atoms with Crippen molar-refractivity contribution in [1.29, 1.82) is 0 Å².